The van der Waals surface area contributed by atoms with Crippen LogP contribution in [0.5, 0.6) is 5.75 Å². The molecule has 0 saturated carbocycles. The number of methoxy groups -OCH3 is 1. The zero-order valence-corrected chi connectivity index (χ0v) is 15.1. The first-order chi connectivity index (χ1) is 13.1. The van der Waals surface area contributed by atoms with Crippen molar-refractivity contribution in [2.24, 2.45) is 0 Å². The largest absolute Gasteiger partial charge is 0.497 e. The van der Waals surface area contributed by atoms with Gasteiger partial charge in [-0.25, -0.2) is 4.68 Å². The number of aromatic nitrogens is 3. The first-order valence-electron chi connectivity index (χ1n) is 8.62. The third-order valence-corrected chi connectivity index (χ3v) is 4.73. The van der Waals surface area contributed by atoms with Gasteiger partial charge in [0.1, 0.15) is 5.75 Å². The third-order valence-electron chi connectivity index (χ3n) is 4.73. The van der Waals surface area contributed by atoms with Crippen LogP contribution >= 0.6 is 0 Å². The van der Waals surface area contributed by atoms with E-state index < -0.39 is 0 Å². The molecule has 4 rings (SSSR count). The maximum absolute atomic E-state index is 13.0. The van der Waals surface area contributed by atoms with Crippen molar-refractivity contribution in [3.05, 3.63) is 92.6 Å². The van der Waals surface area contributed by atoms with Crippen molar-refractivity contribution in [1.29, 1.82) is 0 Å². The number of aryl methyl sites for hydroxylation is 1. The Balaban J connectivity index is 1.86. The quantitative estimate of drug-likeness (QED) is 0.608. The topological polar surface area (TPSA) is 69.0 Å². The molecule has 0 aliphatic rings. The molecule has 1 N–H and O–H groups in total. The lowest BCUT2D eigenvalue weighted by molar-refractivity contribution is 0.414. The number of aromatic amines is 1. The van der Waals surface area contributed by atoms with Crippen LogP contribution in [0.2, 0.25) is 0 Å². The van der Waals surface area contributed by atoms with Crippen LogP contribution in [0.4, 0.5) is 0 Å². The number of hydrogen-bond donors (Lipinski definition) is 1. The molecule has 0 saturated heterocycles. The molecule has 0 atom stereocenters. The molecular weight excluding hydrogens is 342 g/mol. The molecule has 27 heavy (non-hydrogen) atoms. The van der Waals surface area contributed by atoms with Crippen molar-refractivity contribution in [2.75, 3.05) is 7.11 Å². The minimum atomic E-state index is -0.186. The Morgan fingerprint density at radius 2 is 1.70 bits per heavy atom. The summed E-state index contributed by atoms with van der Waals surface area (Å²) in [5.41, 5.74) is 2.53. The zero-order valence-electron chi connectivity index (χ0n) is 15.1. The summed E-state index contributed by atoms with van der Waals surface area (Å²) in [6.07, 6.45) is 0. The fraction of sp³-hybridized carbons (Fsp3) is 0.143. The van der Waals surface area contributed by atoms with E-state index in [4.69, 9.17) is 4.74 Å². The maximum Gasteiger partial charge on any atom is 0.280 e. The van der Waals surface area contributed by atoms with Gasteiger partial charge in [0.25, 0.3) is 11.1 Å². The molecule has 0 fully saturated rings. The molecule has 0 unspecified atom stereocenters. The SMILES string of the molecule is COc1ccc(-n2[nH]c3cc(=O)n(Cc4ccccc4)c(C)c3c2=O)cc1. The first-order valence-corrected chi connectivity index (χ1v) is 8.62. The van der Waals surface area contributed by atoms with Gasteiger partial charge in [0.05, 0.1) is 30.2 Å². The summed E-state index contributed by atoms with van der Waals surface area (Å²) >= 11 is 0. The summed E-state index contributed by atoms with van der Waals surface area (Å²) in [4.78, 5) is 25.6. The molecule has 136 valence electrons. The summed E-state index contributed by atoms with van der Waals surface area (Å²) in [7, 11) is 1.59. The first kappa shape index (κ1) is 16.9. The molecule has 0 spiro atoms. The molecule has 0 radical (unpaired) electrons. The van der Waals surface area contributed by atoms with Crippen LogP contribution in [0.3, 0.4) is 0 Å². The van der Waals surface area contributed by atoms with Crippen LogP contribution in [0.25, 0.3) is 16.6 Å². The smallest absolute Gasteiger partial charge is 0.280 e. The zero-order chi connectivity index (χ0) is 19.0. The summed E-state index contributed by atoms with van der Waals surface area (Å²) in [6.45, 7) is 2.23. The van der Waals surface area contributed by atoms with E-state index in [-0.39, 0.29) is 11.1 Å². The highest BCUT2D eigenvalue weighted by Crippen LogP contribution is 2.17. The number of nitrogens with one attached hydrogen (secondary N) is 1. The Hall–Kier alpha value is -3.54. The molecule has 0 amide bonds. The number of H-pyrrole nitrogens is 1. The highest BCUT2D eigenvalue weighted by Gasteiger charge is 2.15. The van der Waals surface area contributed by atoms with Gasteiger partial charge in [-0.1, -0.05) is 30.3 Å². The van der Waals surface area contributed by atoms with Crippen LogP contribution in [0.1, 0.15) is 11.3 Å². The van der Waals surface area contributed by atoms with Gasteiger partial charge in [-0.3, -0.25) is 14.7 Å². The van der Waals surface area contributed by atoms with Crippen LogP contribution in [0, 0.1) is 6.92 Å². The van der Waals surface area contributed by atoms with E-state index in [1.807, 2.05) is 30.3 Å². The second-order valence-corrected chi connectivity index (χ2v) is 6.38. The van der Waals surface area contributed by atoms with E-state index in [1.165, 1.54) is 10.7 Å². The summed E-state index contributed by atoms with van der Waals surface area (Å²) < 4.78 is 8.24. The number of fused-ring (bicyclic) bond motifs is 1. The molecule has 4 aromatic rings. The number of hydrogen-bond acceptors (Lipinski definition) is 3. The predicted molar refractivity (Wildman–Crippen MR) is 105 cm³/mol. The highest BCUT2D eigenvalue weighted by atomic mass is 16.5. The Morgan fingerprint density at radius 1 is 1.00 bits per heavy atom. The fourth-order valence-corrected chi connectivity index (χ4v) is 3.29. The number of ether oxygens (including phenoxy) is 1. The Morgan fingerprint density at radius 3 is 2.37 bits per heavy atom. The van der Waals surface area contributed by atoms with Crippen molar-refractivity contribution in [3.8, 4) is 11.4 Å². The number of pyridine rings is 1. The average Bonchev–Trinajstić information content (AvgIpc) is 3.02. The van der Waals surface area contributed by atoms with Crippen molar-refractivity contribution in [3.63, 3.8) is 0 Å². The van der Waals surface area contributed by atoms with Crippen LogP contribution in [-0.4, -0.2) is 21.5 Å². The molecule has 6 heteroatoms. The standard InChI is InChI=1S/C21H19N3O3/c1-14-20-18(12-19(25)23(14)13-15-6-4-3-5-7-15)22-24(21(20)26)16-8-10-17(27-2)11-9-16/h3-12,22H,13H2,1-2H3. The number of rotatable bonds is 4. The lowest BCUT2D eigenvalue weighted by atomic mass is 10.2. The van der Waals surface area contributed by atoms with Gasteiger partial charge in [0.2, 0.25) is 0 Å². The van der Waals surface area contributed by atoms with E-state index in [1.54, 1.807) is 42.9 Å². The monoisotopic (exact) mass is 361 g/mol. The average molecular weight is 361 g/mol. The van der Waals surface area contributed by atoms with Gasteiger partial charge >= 0.3 is 0 Å². The lowest BCUT2D eigenvalue weighted by Crippen LogP contribution is -2.23. The van der Waals surface area contributed by atoms with E-state index in [0.717, 1.165) is 5.56 Å². The second kappa shape index (κ2) is 6.64. The van der Waals surface area contributed by atoms with Crippen LogP contribution in [0.15, 0.2) is 70.3 Å². The second-order valence-electron chi connectivity index (χ2n) is 6.38. The molecule has 2 aromatic carbocycles. The molecule has 0 aliphatic heterocycles. The summed E-state index contributed by atoms with van der Waals surface area (Å²) in [5, 5.41) is 3.56. The van der Waals surface area contributed by atoms with Gasteiger partial charge in [-0.05, 0) is 36.8 Å². The van der Waals surface area contributed by atoms with Crippen LogP contribution in [-0.2, 0) is 6.54 Å². The van der Waals surface area contributed by atoms with Crippen LogP contribution < -0.4 is 15.9 Å². The van der Waals surface area contributed by atoms with Gasteiger partial charge in [0, 0.05) is 11.8 Å². The highest BCUT2D eigenvalue weighted by molar-refractivity contribution is 5.80. The molecule has 0 aliphatic carbocycles. The van der Waals surface area contributed by atoms with Gasteiger partial charge < -0.3 is 9.30 Å². The molecule has 6 nitrogen and oxygen atoms in total. The predicted octanol–water partition coefficient (Wildman–Crippen LogP) is 2.85. The molecular formula is C21H19N3O3. The Kier molecular flexibility index (Phi) is 4.16. The lowest BCUT2D eigenvalue weighted by Gasteiger charge is -2.10. The molecule has 2 aromatic heterocycles. The third kappa shape index (κ3) is 2.95. The van der Waals surface area contributed by atoms with Gasteiger partial charge in [-0.15, -0.1) is 0 Å². The van der Waals surface area contributed by atoms with E-state index >= 15 is 0 Å². The maximum atomic E-state index is 13.0. The van der Waals surface area contributed by atoms with Gasteiger partial charge in [0.15, 0.2) is 0 Å². The fourth-order valence-electron chi connectivity index (χ4n) is 3.29. The van der Waals surface area contributed by atoms with E-state index in [9.17, 15) is 9.59 Å². The van der Waals surface area contributed by atoms with E-state index in [0.29, 0.717) is 34.6 Å². The number of nitrogens with zero attached hydrogens (tertiary/aromatic N) is 2. The van der Waals surface area contributed by atoms with E-state index in [2.05, 4.69) is 5.10 Å². The van der Waals surface area contributed by atoms with Crippen molar-refractivity contribution >= 4 is 10.9 Å². The Labute approximate surface area is 155 Å². The van der Waals surface area contributed by atoms with Crippen molar-refractivity contribution < 1.29 is 4.74 Å². The minimum Gasteiger partial charge on any atom is -0.497 e. The van der Waals surface area contributed by atoms with Gasteiger partial charge in [-0.2, -0.15) is 0 Å². The summed E-state index contributed by atoms with van der Waals surface area (Å²) in [6, 6.07) is 18.4. The Bertz CT molecular complexity index is 1220. The minimum absolute atomic E-state index is 0.146. The van der Waals surface area contributed by atoms with Crippen molar-refractivity contribution in [1.82, 2.24) is 14.3 Å². The molecule has 2 heterocycles. The normalized spacial score (nSPS) is 11.0. The number of benzene rings is 2. The molecule has 0 bridgehead atoms. The van der Waals surface area contributed by atoms with Crippen molar-refractivity contribution in [2.45, 2.75) is 13.5 Å². The summed E-state index contributed by atoms with van der Waals surface area (Å²) in [5.74, 6) is 0.710.